The fourth-order valence-corrected chi connectivity index (χ4v) is 8.89. The third kappa shape index (κ3) is 7.53. The highest BCUT2D eigenvalue weighted by Crippen LogP contribution is 2.27. The molecule has 11 heteroatoms. The number of morpholine rings is 1. The third-order valence-electron chi connectivity index (χ3n) is 8.07. The molecule has 2 unspecified atom stereocenters. The van der Waals surface area contributed by atoms with Crippen molar-refractivity contribution < 1.29 is 26.4 Å². The van der Waals surface area contributed by atoms with Crippen molar-refractivity contribution in [2.75, 3.05) is 38.0 Å². The van der Waals surface area contributed by atoms with Gasteiger partial charge in [0.15, 0.2) is 5.78 Å². The summed E-state index contributed by atoms with van der Waals surface area (Å²) in [6.45, 7) is 5.09. The van der Waals surface area contributed by atoms with Gasteiger partial charge in [0.05, 0.1) is 28.5 Å². The monoisotopic (exact) mass is 625 g/mol. The summed E-state index contributed by atoms with van der Waals surface area (Å²) in [4.78, 5) is 13.2. The molecule has 2 saturated heterocycles. The third-order valence-corrected chi connectivity index (χ3v) is 11.8. The number of anilines is 1. The van der Waals surface area contributed by atoms with Gasteiger partial charge >= 0.3 is 0 Å². The van der Waals surface area contributed by atoms with E-state index in [1.807, 2.05) is 32.0 Å². The molecule has 0 radical (unpaired) electrons. The Bertz CT molecular complexity index is 1610. The van der Waals surface area contributed by atoms with E-state index in [1.54, 1.807) is 40.7 Å². The first-order valence-corrected chi connectivity index (χ1v) is 17.6. The molecule has 2 aliphatic heterocycles. The fraction of sp³-hybridized carbons (Fsp3) is 0.406. The molecule has 5 rings (SSSR count). The van der Waals surface area contributed by atoms with Gasteiger partial charge in [-0.05, 0) is 81.0 Å². The van der Waals surface area contributed by atoms with Crippen LogP contribution in [0.3, 0.4) is 0 Å². The van der Waals surface area contributed by atoms with Gasteiger partial charge in [-0.3, -0.25) is 4.79 Å². The number of sulfonamides is 2. The smallest absolute Gasteiger partial charge is 0.243 e. The van der Waals surface area contributed by atoms with Crippen molar-refractivity contribution >= 4 is 31.5 Å². The predicted molar refractivity (Wildman–Crippen MR) is 166 cm³/mol. The zero-order valence-corrected chi connectivity index (χ0v) is 26.2. The maximum Gasteiger partial charge on any atom is 0.243 e. The predicted octanol–water partition coefficient (Wildman–Crippen LogP) is 4.42. The van der Waals surface area contributed by atoms with Crippen molar-refractivity contribution in [3.05, 3.63) is 90.0 Å². The topological polar surface area (TPSA) is 113 Å². The van der Waals surface area contributed by atoms with Gasteiger partial charge in [0.2, 0.25) is 20.0 Å². The molecule has 0 bridgehead atoms. The minimum Gasteiger partial charge on any atom is -0.378 e. The standard InChI is InChI=1S/C32H39N3O6S2/c1-24-22-35(23-25(2)41-24)43(39,40)31-10-6-9-28(20-31)32(36)21-33-29-11-13-30(14-12-29)42(37,38)34-17-15-27(16-18-34)19-26-7-4-3-5-8-26/h3-14,20,24-25,27,33H,15-19,21-23H2,1-2H3. The van der Waals surface area contributed by atoms with Crippen LogP contribution in [-0.2, 0) is 31.2 Å². The van der Waals surface area contributed by atoms with Crippen LogP contribution in [-0.4, -0.2) is 76.2 Å². The van der Waals surface area contributed by atoms with Crippen LogP contribution in [0.1, 0.15) is 42.6 Å². The van der Waals surface area contributed by atoms with Crippen molar-refractivity contribution in [2.45, 2.75) is 55.1 Å². The number of nitrogens with one attached hydrogen (secondary N) is 1. The molecule has 2 heterocycles. The van der Waals surface area contributed by atoms with Crippen LogP contribution in [0, 0.1) is 5.92 Å². The van der Waals surface area contributed by atoms with Crippen molar-refractivity contribution in [2.24, 2.45) is 5.92 Å². The Labute approximate surface area is 255 Å². The number of carbonyl (C=O) groups excluding carboxylic acids is 1. The van der Waals surface area contributed by atoms with Gasteiger partial charge in [0.1, 0.15) is 0 Å². The molecule has 43 heavy (non-hydrogen) atoms. The number of rotatable bonds is 10. The van der Waals surface area contributed by atoms with Crippen LogP contribution < -0.4 is 5.32 Å². The molecule has 0 aromatic heterocycles. The number of Topliss-reactive ketones (excluding diaryl/α,β-unsaturated/α-hetero) is 1. The summed E-state index contributed by atoms with van der Waals surface area (Å²) in [5.41, 5.74) is 2.15. The first-order chi connectivity index (χ1) is 20.5. The summed E-state index contributed by atoms with van der Waals surface area (Å²) in [5, 5.41) is 3.03. The van der Waals surface area contributed by atoms with Gasteiger partial charge in [-0.2, -0.15) is 8.61 Å². The second-order valence-corrected chi connectivity index (χ2v) is 15.3. The zero-order valence-electron chi connectivity index (χ0n) is 24.6. The van der Waals surface area contributed by atoms with E-state index in [9.17, 15) is 21.6 Å². The lowest BCUT2D eigenvalue weighted by molar-refractivity contribution is -0.0440. The molecule has 0 saturated carbocycles. The zero-order chi connectivity index (χ0) is 30.6. The number of ether oxygens (including phenoxy) is 1. The Hall–Kier alpha value is -3.09. The minimum absolute atomic E-state index is 0.0679. The van der Waals surface area contributed by atoms with Crippen LogP contribution in [0.15, 0.2) is 88.7 Å². The van der Waals surface area contributed by atoms with Gasteiger partial charge in [-0.25, -0.2) is 16.8 Å². The lowest BCUT2D eigenvalue weighted by Gasteiger charge is -2.34. The summed E-state index contributed by atoms with van der Waals surface area (Å²) in [6.07, 6.45) is 2.17. The number of ketones is 1. The highest BCUT2D eigenvalue weighted by molar-refractivity contribution is 7.89. The molecule has 3 aromatic rings. The number of carbonyl (C=O) groups is 1. The molecular weight excluding hydrogens is 587 g/mol. The number of piperidine rings is 1. The second-order valence-electron chi connectivity index (χ2n) is 11.4. The molecule has 2 aliphatic rings. The van der Waals surface area contributed by atoms with Gasteiger partial charge in [0.25, 0.3) is 0 Å². The summed E-state index contributed by atoms with van der Waals surface area (Å²) in [5.74, 6) is 0.182. The Morgan fingerprint density at radius 3 is 2.07 bits per heavy atom. The second kappa shape index (κ2) is 13.3. The van der Waals surface area contributed by atoms with E-state index < -0.39 is 20.0 Å². The van der Waals surface area contributed by atoms with Gasteiger partial charge in [-0.1, -0.05) is 42.5 Å². The SMILES string of the molecule is CC1CN(S(=O)(=O)c2cccc(C(=O)CNc3ccc(S(=O)(=O)N4CCC(Cc5ccccc5)CC4)cc3)c2)CC(C)O1. The van der Waals surface area contributed by atoms with Crippen molar-refractivity contribution in [1.29, 1.82) is 0 Å². The average molecular weight is 626 g/mol. The molecule has 9 nitrogen and oxygen atoms in total. The number of benzene rings is 3. The fourth-order valence-electron chi connectivity index (χ4n) is 5.79. The van der Waals surface area contributed by atoms with Crippen LogP contribution in [0.5, 0.6) is 0 Å². The van der Waals surface area contributed by atoms with Crippen LogP contribution in [0.2, 0.25) is 0 Å². The van der Waals surface area contributed by atoms with E-state index in [0.717, 1.165) is 19.3 Å². The molecule has 230 valence electrons. The average Bonchev–Trinajstić information content (AvgIpc) is 3.00. The van der Waals surface area contributed by atoms with E-state index in [1.165, 1.54) is 22.0 Å². The molecule has 2 fully saturated rings. The van der Waals surface area contributed by atoms with Crippen LogP contribution >= 0.6 is 0 Å². The maximum atomic E-state index is 13.3. The first-order valence-electron chi connectivity index (χ1n) is 14.7. The summed E-state index contributed by atoms with van der Waals surface area (Å²) < 4.78 is 61.6. The largest absolute Gasteiger partial charge is 0.378 e. The maximum absolute atomic E-state index is 13.3. The highest BCUT2D eigenvalue weighted by Gasteiger charge is 2.33. The lowest BCUT2D eigenvalue weighted by Crippen LogP contribution is -2.48. The molecule has 0 amide bonds. The van der Waals surface area contributed by atoms with E-state index in [2.05, 4.69) is 17.4 Å². The number of nitrogens with zero attached hydrogens (tertiary/aromatic N) is 2. The molecule has 2 atom stereocenters. The number of hydrogen-bond donors (Lipinski definition) is 1. The highest BCUT2D eigenvalue weighted by atomic mass is 32.2. The van der Waals surface area contributed by atoms with Gasteiger partial charge in [0, 0.05) is 37.4 Å². The van der Waals surface area contributed by atoms with Crippen molar-refractivity contribution in [1.82, 2.24) is 8.61 Å². The van der Waals surface area contributed by atoms with Gasteiger partial charge < -0.3 is 10.1 Å². The summed E-state index contributed by atoms with van der Waals surface area (Å²) in [7, 11) is -7.39. The number of hydrogen-bond acceptors (Lipinski definition) is 7. The molecule has 0 spiro atoms. The minimum atomic E-state index is -3.78. The lowest BCUT2D eigenvalue weighted by atomic mass is 9.91. The Balaban J connectivity index is 1.16. The molecular formula is C32H39N3O6S2. The van der Waals surface area contributed by atoms with Crippen molar-refractivity contribution in [3.8, 4) is 0 Å². The first kappa shape index (κ1) is 31.3. The van der Waals surface area contributed by atoms with E-state index in [-0.39, 0.29) is 53.0 Å². The summed E-state index contributed by atoms with van der Waals surface area (Å²) in [6, 6.07) is 22.7. The normalized spacial score (nSPS) is 21.0. The Kier molecular flexibility index (Phi) is 9.67. The Morgan fingerprint density at radius 1 is 0.791 bits per heavy atom. The van der Waals surface area contributed by atoms with Gasteiger partial charge in [-0.15, -0.1) is 0 Å². The molecule has 0 aliphatic carbocycles. The quantitative estimate of drug-likeness (QED) is 0.332. The van der Waals surface area contributed by atoms with E-state index in [0.29, 0.717) is 24.7 Å². The Morgan fingerprint density at radius 2 is 1.42 bits per heavy atom. The van der Waals surface area contributed by atoms with Crippen LogP contribution in [0.4, 0.5) is 5.69 Å². The van der Waals surface area contributed by atoms with E-state index in [4.69, 9.17) is 4.74 Å². The van der Waals surface area contributed by atoms with Crippen LogP contribution in [0.25, 0.3) is 0 Å². The van der Waals surface area contributed by atoms with E-state index >= 15 is 0 Å². The van der Waals surface area contributed by atoms with Crippen molar-refractivity contribution in [3.63, 3.8) is 0 Å². The summed E-state index contributed by atoms with van der Waals surface area (Å²) >= 11 is 0. The molecule has 3 aromatic carbocycles. The molecule has 1 N–H and O–H groups in total.